The summed E-state index contributed by atoms with van der Waals surface area (Å²) in [5.41, 5.74) is -0.231. The van der Waals surface area contributed by atoms with Gasteiger partial charge in [-0.2, -0.15) is 9.97 Å². The molecular weight excluding hydrogens is 671 g/mol. The van der Waals surface area contributed by atoms with Crippen molar-refractivity contribution < 1.29 is 32.5 Å². The van der Waals surface area contributed by atoms with Crippen LogP contribution in [0.2, 0.25) is 0 Å². The lowest BCUT2D eigenvalue weighted by atomic mass is 9.91. The normalized spacial score (nSPS) is 25.4. The quantitative estimate of drug-likeness (QED) is 0.185. The van der Waals surface area contributed by atoms with Crippen molar-refractivity contribution in [1.29, 1.82) is 0 Å². The van der Waals surface area contributed by atoms with Gasteiger partial charge in [-0.1, -0.05) is 12.0 Å². The van der Waals surface area contributed by atoms with E-state index >= 15 is 8.78 Å². The Kier molecular flexibility index (Phi) is 7.84. The molecule has 0 spiro atoms. The van der Waals surface area contributed by atoms with Crippen molar-refractivity contribution in [2.75, 3.05) is 44.2 Å². The van der Waals surface area contributed by atoms with E-state index in [1.807, 2.05) is 6.07 Å². The van der Waals surface area contributed by atoms with Crippen molar-refractivity contribution in [3.05, 3.63) is 53.3 Å². The van der Waals surface area contributed by atoms with Gasteiger partial charge in [0, 0.05) is 61.0 Å². The predicted molar refractivity (Wildman–Crippen MR) is 192 cm³/mol. The summed E-state index contributed by atoms with van der Waals surface area (Å²) in [6.45, 7) is 6.64. The van der Waals surface area contributed by atoms with Gasteiger partial charge in [-0.3, -0.25) is 9.80 Å². The van der Waals surface area contributed by atoms with Gasteiger partial charge in [0.1, 0.15) is 47.0 Å². The molecule has 5 aromatic rings. The molecule has 2 bridgehead atoms. The third-order valence-electron chi connectivity index (χ3n) is 11.8. The molecule has 0 saturated carbocycles. The number of fused-ring (bicyclic) bond motifs is 7. The van der Waals surface area contributed by atoms with Gasteiger partial charge in [-0.15, -0.1) is 6.42 Å². The van der Waals surface area contributed by atoms with E-state index in [0.717, 1.165) is 32.2 Å². The van der Waals surface area contributed by atoms with Crippen molar-refractivity contribution in [3.8, 4) is 35.2 Å². The number of aliphatic hydroxyl groups excluding tert-OH is 1. The lowest BCUT2D eigenvalue weighted by molar-refractivity contribution is 0.0852. The number of phenols is 1. The summed E-state index contributed by atoms with van der Waals surface area (Å²) in [4.78, 5) is 16.4. The molecule has 4 saturated heterocycles. The number of ether oxygens (including phenoxy) is 1. The zero-order valence-corrected chi connectivity index (χ0v) is 29.1. The minimum atomic E-state index is -0.946. The number of aromatic nitrogens is 2. The molecule has 52 heavy (non-hydrogen) atoms. The van der Waals surface area contributed by atoms with Crippen LogP contribution < -0.4 is 9.64 Å². The number of aliphatic hydroxyl groups is 1. The van der Waals surface area contributed by atoms with Gasteiger partial charge in [-0.25, -0.2) is 13.2 Å². The largest absolute Gasteiger partial charge is 0.508 e. The first-order chi connectivity index (χ1) is 25.0. The number of furan rings is 1. The van der Waals surface area contributed by atoms with Crippen LogP contribution in [0.1, 0.15) is 50.4 Å². The number of anilines is 1. The van der Waals surface area contributed by atoms with Gasteiger partial charge in [0.2, 0.25) is 0 Å². The lowest BCUT2D eigenvalue weighted by Crippen LogP contribution is -2.55. The molecule has 3 aromatic carbocycles. The molecule has 9 rings (SSSR count). The Balaban J connectivity index is 1.27. The molecule has 2 N–H and O–H groups in total. The molecule has 9 nitrogen and oxygen atoms in total. The highest BCUT2D eigenvalue weighted by Crippen LogP contribution is 2.47. The number of benzene rings is 3. The Morgan fingerprint density at radius 1 is 1.12 bits per heavy atom. The monoisotopic (exact) mass is 711 g/mol. The Labute approximate surface area is 299 Å². The third-order valence-corrected chi connectivity index (χ3v) is 11.8. The molecule has 0 aliphatic carbocycles. The van der Waals surface area contributed by atoms with Crippen molar-refractivity contribution in [2.24, 2.45) is 0 Å². The van der Waals surface area contributed by atoms with Crippen LogP contribution in [0.4, 0.5) is 19.0 Å². The molecule has 4 aliphatic heterocycles. The molecule has 270 valence electrons. The van der Waals surface area contributed by atoms with E-state index in [9.17, 15) is 14.6 Å². The van der Waals surface area contributed by atoms with Crippen LogP contribution in [-0.2, 0) is 0 Å². The zero-order chi connectivity index (χ0) is 36.1. The highest BCUT2D eigenvalue weighted by molar-refractivity contribution is 6.18. The fourth-order valence-corrected chi connectivity index (χ4v) is 9.65. The number of piperazine rings is 1. The molecule has 5 atom stereocenters. The van der Waals surface area contributed by atoms with Gasteiger partial charge in [0.25, 0.3) is 0 Å². The highest BCUT2D eigenvalue weighted by atomic mass is 19.1. The number of hydrogen-bond donors (Lipinski definition) is 2. The minimum absolute atomic E-state index is 0.0206. The molecule has 0 radical (unpaired) electrons. The smallest absolute Gasteiger partial charge is 0.319 e. The fourth-order valence-electron chi connectivity index (χ4n) is 9.65. The maximum absolute atomic E-state index is 17.6. The van der Waals surface area contributed by atoms with Crippen molar-refractivity contribution in [1.82, 2.24) is 19.8 Å². The summed E-state index contributed by atoms with van der Waals surface area (Å²) < 4.78 is 60.1. The van der Waals surface area contributed by atoms with Crippen molar-refractivity contribution >= 4 is 38.5 Å². The molecule has 6 heterocycles. The first-order valence-electron chi connectivity index (χ1n) is 18.1. The van der Waals surface area contributed by atoms with Gasteiger partial charge >= 0.3 is 6.01 Å². The Morgan fingerprint density at radius 2 is 1.90 bits per heavy atom. The van der Waals surface area contributed by atoms with E-state index < -0.39 is 29.4 Å². The predicted octanol–water partition coefficient (Wildman–Crippen LogP) is 6.46. The Bertz CT molecular complexity index is 2290. The summed E-state index contributed by atoms with van der Waals surface area (Å²) in [7, 11) is 0. The number of rotatable bonds is 7. The standard InChI is InChI=1S/C40H40F3N5O4/c1-4-28-31(42)9-6-23-13-27(50)14-29(32(23)28)33-35(43)36-34(30-12-22(3)52-37(30)33)38(46-18-25-7-8-26(19-46)48(25)16-21(2)49)45-39(44-36)51-20-40-10-5-11-47(40)17-24(41)15-40/h1,6,9,12-14,21,24-26,49-50H,5,7-8,10-11,15-20H2,2-3H3/t21-,24+,25-,26+,40-/m0/s1. The van der Waals surface area contributed by atoms with Crippen LogP contribution in [0.5, 0.6) is 11.8 Å². The van der Waals surface area contributed by atoms with E-state index in [1.165, 1.54) is 24.3 Å². The second-order valence-corrected chi connectivity index (χ2v) is 15.2. The number of terminal acetylenes is 1. The van der Waals surface area contributed by atoms with Crippen LogP contribution in [0.3, 0.4) is 0 Å². The Morgan fingerprint density at radius 3 is 2.65 bits per heavy atom. The topological polar surface area (TPSA) is 98.3 Å². The molecule has 4 fully saturated rings. The van der Waals surface area contributed by atoms with Crippen LogP contribution in [0, 0.1) is 30.9 Å². The van der Waals surface area contributed by atoms with E-state index in [2.05, 4.69) is 20.6 Å². The lowest BCUT2D eigenvalue weighted by Gasteiger charge is -2.42. The highest BCUT2D eigenvalue weighted by Gasteiger charge is 2.49. The van der Waals surface area contributed by atoms with E-state index in [1.54, 1.807) is 13.8 Å². The van der Waals surface area contributed by atoms with Gasteiger partial charge < -0.3 is 24.3 Å². The minimum Gasteiger partial charge on any atom is -0.508 e. The first-order valence-corrected chi connectivity index (χ1v) is 18.1. The third kappa shape index (κ3) is 5.19. The summed E-state index contributed by atoms with van der Waals surface area (Å²) in [6.07, 6.45) is 8.39. The van der Waals surface area contributed by atoms with E-state index in [0.29, 0.717) is 60.3 Å². The number of hydrogen-bond acceptors (Lipinski definition) is 9. The van der Waals surface area contributed by atoms with Crippen LogP contribution in [0.15, 0.2) is 34.7 Å². The van der Waals surface area contributed by atoms with Gasteiger partial charge in [0.15, 0.2) is 5.82 Å². The van der Waals surface area contributed by atoms with Crippen LogP contribution in [0.25, 0.3) is 43.8 Å². The molecule has 0 unspecified atom stereocenters. The van der Waals surface area contributed by atoms with Gasteiger partial charge in [-0.05, 0) is 75.7 Å². The first kappa shape index (κ1) is 33.3. The van der Waals surface area contributed by atoms with E-state index in [-0.39, 0.29) is 63.6 Å². The molecular formula is C40H40F3N5O4. The summed E-state index contributed by atoms with van der Waals surface area (Å²) in [5, 5.41) is 22.8. The van der Waals surface area contributed by atoms with Crippen molar-refractivity contribution in [2.45, 2.75) is 75.8 Å². The van der Waals surface area contributed by atoms with Crippen LogP contribution >= 0.6 is 0 Å². The average molecular weight is 712 g/mol. The number of phenolic OH excluding ortho intramolecular Hbond substituents is 1. The number of aromatic hydroxyl groups is 1. The number of halogens is 3. The summed E-state index contributed by atoms with van der Waals surface area (Å²) in [6, 6.07) is 7.65. The average Bonchev–Trinajstić information content (AvgIpc) is 3.81. The van der Waals surface area contributed by atoms with E-state index in [4.69, 9.17) is 25.5 Å². The summed E-state index contributed by atoms with van der Waals surface area (Å²) in [5.74, 6) is 1.86. The van der Waals surface area contributed by atoms with Crippen molar-refractivity contribution in [3.63, 3.8) is 0 Å². The van der Waals surface area contributed by atoms with Crippen LogP contribution in [-0.4, -0.2) is 99.2 Å². The SMILES string of the molecule is C#Cc1c(F)ccc2cc(O)cc(-c3c(F)c4nc(OC[C@@]56CCCN5C[C@H](F)C6)nc(N5C[C@H]6CC[C@@H](C5)N6C[C@H](C)O)c4c4cc(C)oc34)c12. The number of aryl methyl sites for hydroxylation is 1. The number of alkyl halides is 1. The maximum atomic E-state index is 17.6. The fraction of sp³-hybridized carbons (Fsp3) is 0.450. The Hall–Kier alpha value is -4.57. The zero-order valence-electron chi connectivity index (χ0n) is 29.1. The molecule has 0 amide bonds. The summed E-state index contributed by atoms with van der Waals surface area (Å²) >= 11 is 0. The number of nitrogens with zero attached hydrogens (tertiary/aromatic N) is 5. The second-order valence-electron chi connectivity index (χ2n) is 15.2. The van der Waals surface area contributed by atoms with Gasteiger partial charge in [0.05, 0.1) is 28.2 Å². The second kappa shape index (κ2) is 12.3. The molecule has 2 aromatic heterocycles. The maximum Gasteiger partial charge on any atom is 0.319 e. The molecule has 12 heteroatoms. The molecule has 4 aliphatic rings.